The summed E-state index contributed by atoms with van der Waals surface area (Å²) in [5.74, 6) is 0.822. The van der Waals surface area contributed by atoms with Gasteiger partial charge in [0.15, 0.2) is 0 Å². The summed E-state index contributed by atoms with van der Waals surface area (Å²) in [7, 11) is 1.67. The lowest BCUT2D eigenvalue weighted by molar-refractivity contribution is -0.135. The topological polar surface area (TPSA) is 114 Å². The molecule has 1 aromatic carbocycles. The van der Waals surface area contributed by atoms with Gasteiger partial charge in [0.1, 0.15) is 5.75 Å². The molecule has 4 N–H and O–H groups in total. The molecule has 1 fully saturated rings. The standard InChI is InChI=1S/C26H43N3O5.ClH/c1-19(2)20(16-22(27)23(30)18-29-13-7-6-12-25(29)31)17-28-26(32)21-10-4-5-11-24(21)34-15-9-8-14-33-3;/h4-5,10-11,19-20,22-23,30H,6-9,12-18,27H2,1-3H3,(H,28,32);1H/t20-,22+,23+;/m1./s1. The van der Waals surface area contributed by atoms with E-state index in [1.165, 1.54) is 0 Å². The quantitative estimate of drug-likeness (QED) is 0.311. The zero-order valence-corrected chi connectivity index (χ0v) is 22.2. The highest BCUT2D eigenvalue weighted by Gasteiger charge is 2.27. The molecule has 0 saturated carbocycles. The largest absolute Gasteiger partial charge is 0.493 e. The highest BCUT2D eigenvalue weighted by Crippen LogP contribution is 2.21. The summed E-state index contributed by atoms with van der Waals surface area (Å²) in [5.41, 5.74) is 6.82. The second-order valence-corrected chi connectivity index (χ2v) is 9.52. The molecule has 0 bridgehead atoms. The molecule has 1 aliphatic rings. The van der Waals surface area contributed by atoms with Gasteiger partial charge < -0.3 is 30.5 Å². The predicted octanol–water partition coefficient (Wildman–Crippen LogP) is 3.01. The number of carbonyl (C=O) groups is 2. The Bertz CT molecular complexity index is 764. The molecule has 1 heterocycles. The summed E-state index contributed by atoms with van der Waals surface area (Å²) >= 11 is 0. The fraction of sp³-hybridized carbons (Fsp3) is 0.692. The van der Waals surface area contributed by atoms with Crippen LogP contribution in [-0.4, -0.2) is 73.9 Å². The molecule has 2 amide bonds. The Labute approximate surface area is 216 Å². The van der Waals surface area contributed by atoms with Crippen LogP contribution in [0.1, 0.15) is 62.7 Å². The van der Waals surface area contributed by atoms with Crippen molar-refractivity contribution in [2.24, 2.45) is 17.6 Å². The Morgan fingerprint density at radius 2 is 1.91 bits per heavy atom. The first-order valence-electron chi connectivity index (χ1n) is 12.5. The lowest BCUT2D eigenvalue weighted by Crippen LogP contribution is -2.48. The molecule has 8 nitrogen and oxygen atoms in total. The van der Waals surface area contributed by atoms with Crippen molar-refractivity contribution in [3.8, 4) is 5.75 Å². The Balaban J connectivity index is 0.00000612. The van der Waals surface area contributed by atoms with Gasteiger partial charge in [0.05, 0.1) is 18.3 Å². The molecule has 0 aromatic heterocycles. The summed E-state index contributed by atoms with van der Waals surface area (Å²) in [5, 5.41) is 13.6. The number of ether oxygens (including phenoxy) is 2. The number of aliphatic hydroxyl groups is 1. The first-order valence-corrected chi connectivity index (χ1v) is 12.5. The van der Waals surface area contributed by atoms with Crippen molar-refractivity contribution in [3.05, 3.63) is 29.8 Å². The predicted molar refractivity (Wildman–Crippen MR) is 140 cm³/mol. The highest BCUT2D eigenvalue weighted by atomic mass is 35.5. The number of halogens is 1. The van der Waals surface area contributed by atoms with Crippen LogP contribution < -0.4 is 15.8 Å². The van der Waals surface area contributed by atoms with Gasteiger partial charge in [-0.2, -0.15) is 0 Å². The van der Waals surface area contributed by atoms with Crippen molar-refractivity contribution in [1.82, 2.24) is 10.2 Å². The summed E-state index contributed by atoms with van der Waals surface area (Å²) in [6.45, 7) is 6.78. The molecule has 0 spiro atoms. The van der Waals surface area contributed by atoms with E-state index in [4.69, 9.17) is 15.2 Å². The Morgan fingerprint density at radius 3 is 2.60 bits per heavy atom. The molecule has 200 valence electrons. The van der Waals surface area contributed by atoms with Crippen LogP contribution in [0.4, 0.5) is 0 Å². The van der Waals surface area contributed by atoms with Crippen LogP contribution in [0.3, 0.4) is 0 Å². The lowest BCUT2D eigenvalue weighted by atomic mass is 9.87. The summed E-state index contributed by atoms with van der Waals surface area (Å²) in [6.07, 6.45) is 3.94. The molecule has 0 radical (unpaired) electrons. The summed E-state index contributed by atoms with van der Waals surface area (Å²) < 4.78 is 10.9. The fourth-order valence-corrected chi connectivity index (χ4v) is 4.14. The van der Waals surface area contributed by atoms with Gasteiger partial charge in [-0.3, -0.25) is 9.59 Å². The van der Waals surface area contributed by atoms with Gasteiger partial charge in [0.2, 0.25) is 5.91 Å². The van der Waals surface area contributed by atoms with Gasteiger partial charge in [0.25, 0.3) is 5.91 Å². The minimum atomic E-state index is -0.786. The lowest BCUT2D eigenvalue weighted by Gasteiger charge is -2.32. The number of methoxy groups -OCH3 is 1. The Morgan fingerprint density at radius 1 is 1.20 bits per heavy atom. The average molecular weight is 514 g/mol. The van der Waals surface area contributed by atoms with Crippen molar-refractivity contribution in [1.29, 1.82) is 0 Å². The number of piperidine rings is 1. The van der Waals surface area contributed by atoms with Crippen molar-refractivity contribution in [2.45, 2.75) is 64.5 Å². The van der Waals surface area contributed by atoms with Crippen molar-refractivity contribution < 1.29 is 24.2 Å². The van der Waals surface area contributed by atoms with Gasteiger partial charge in [-0.25, -0.2) is 0 Å². The minimum Gasteiger partial charge on any atom is -0.493 e. The monoisotopic (exact) mass is 513 g/mol. The average Bonchev–Trinajstić information content (AvgIpc) is 2.82. The van der Waals surface area contributed by atoms with E-state index in [9.17, 15) is 14.7 Å². The molecule has 0 unspecified atom stereocenters. The van der Waals surface area contributed by atoms with Crippen molar-refractivity contribution >= 4 is 24.2 Å². The van der Waals surface area contributed by atoms with Gasteiger partial charge in [-0.15, -0.1) is 12.4 Å². The Kier molecular flexibility index (Phi) is 14.9. The highest BCUT2D eigenvalue weighted by molar-refractivity contribution is 5.96. The van der Waals surface area contributed by atoms with E-state index >= 15 is 0 Å². The van der Waals surface area contributed by atoms with Gasteiger partial charge >= 0.3 is 0 Å². The van der Waals surface area contributed by atoms with Gasteiger partial charge in [-0.1, -0.05) is 26.0 Å². The first-order chi connectivity index (χ1) is 16.3. The van der Waals surface area contributed by atoms with Crippen LogP contribution in [-0.2, 0) is 9.53 Å². The summed E-state index contributed by atoms with van der Waals surface area (Å²) in [6, 6.07) is 6.77. The second kappa shape index (κ2) is 16.7. The first kappa shape index (κ1) is 31.2. The number of amides is 2. The van der Waals surface area contributed by atoms with E-state index in [2.05, 4.69) is 19.2 Å². The van der Waals surface area contributed by atoms with E-state index in [1.807, 2.05) is 12.1 Å². The Hall–Kier alpha value is -1.87. The molecule has 1 saturated heterocycles. The third kappa shape index (κ3) is 10.7. The van der Waals surface area contributed by atoms with E-state index < -0.39 is 12.1 Å². The molecule has 1 aromatic rings. The van der Waals surface area contributed by atoms with Crippen LogP contribution in [0, 0.1) is 11.8 Å². The maximum absolute atomic E-state index is 12.9. The molecular weight excluding hydrogens is 470 g/mol. The van der Waals surface area contributed by atoms with Crippen LogP contribution in [0.25, 0.3) is 0 Å². The number of carbonyl (C=O) groups excluding carboxylic acids is 2. The van der Waals surface area contributed by atoms with Crippen LogP contribution in [0.2, 0.25) is 0 Å². The van der Waals surface area contributed by atoms with Crippen molar-refractivity contribution in [2.75, 3.05) is 40.0 Å². The number of β-amino-alcohol motifs (C(OH)–C–C–N with tert-alkyl or cyclic N) is 1. The third-order valence-electron chi connectivity index (χ3n) is 6.50. The minimum absolute atomic E-state index is 0. The van der Waals surface area contributed by atoms with Crippen molar-refractivity contribution in [3.63, 3.8) is 0 Å². The van der Waals surface area contributed by atoms with E-state index in [0.717, 1.165) is 25.7 Å². The van der Waals surface area contributed by atoms with Crippen LogP contribution >= 0.6 is 12.4 Å². The number of rotatable bonds is 15. The second-order valence-electron chi connectivity index (χ2n) is 9.52. The van der Waals surface area contributed by atoms with Crippen LogP contribution in [0.15, 0.2) is 24.3 Å². The number of benzene rings is 1. The third-order valence-corrected chi connectivity index (χ3v) is 6.50. The fourth-order valence-electron chi connectivity index (χ4n) is 4.14. The maximum Gasteiger partial charge on any atom is 0.255 e. The molecule has 35 heavy (non-hydrogen) atoms. The zero-order chi connectivity index (χ0) is 24.9. The number of nitrogens with zero attached hydrogens (tertiary/aromatic N) is 1. The van der Waals surface area contributed by atoms with E-state index in [1.54, 1.807) is 24.1 Å². The number of likely N-dealkylation sites (tertiary alicyclic amines) is 1. The molecule has 0 aliphatic carbocycles. The van der Waals surface area contributed by atoms with Crippen LogP contribution in [0.5, 0.6) is 5.75 Å². The smallest absolute Gasteiger partial charge is 0.255 e. The van der Waals surface area contributed by atoms with E-state index in [0.29, 0.717) is 50.5 Å². The van der Waals surface area contributed by atoms with E-state index in [-0.39, 0.29) is 42.6 Å². The molecule has 1 aliphatic heterocycles. The normalized spacial score (nSPS) is 16.4. The number of nitrogens with one attached hydrogen (secondary N) is 1. The molecule has 9 heteroatoms. The number of hydrogen-bond acceptors (Lipinski definition) is 6. The number of para-hydroxylation sites is 1. The SMILES string of the molecule is COCCCCOc1ccccc1C(=O)NC[C@@H](C[C@H](N)[C@@H](O)CN1CCCCC1=O)C(C)C.Cl. The molecule has 3 atom stereocenters. The summed E-state index contributed by atoms with van der Waals surface area (Å²) in [4.78, 5) is 26.7. The van der Waals surface area contributed by atoms with Gasteiger partial charge in [-0.05, 0) is 56.1 Å². The number of unbranched alkanes of at least 4 members (excludes halogenated alkanes) is 1. The number of aliphatic hydroxyl groups excluding tert-OH is 1. The number of hydrogen-bond donors (Lipinski definition) is 3. The molecular formula is C26H44ClN3O5. The number of nitrogens with two attached hydrogens (primary N) is 1. The maximum atomic E-state index is 12.9. The zero-order valence-electron chi connectivity index (χ0n) is 21.4. The molecule has 2 rings (SSSR count). The van der Waals surface area contributed by atoms with Gasteiger partial charge in [0, 0.05) is 45.8 Å².